The van der Waals surface area contributed by atoms with Crippen LogP contribution in [0.2, 0.25) is 0 Å². The van der Waals surface area contributed by atoms with E-state index in [1.54, 1.807) is 0 Å². The molecule has 0 heterocycles. The van der Waals surface area contributed by atoms with Crippen LogP contribution in [0.3, 0.4) is 0 Å². The van der Waals surface area contributed by atoms with Crippen LogP contribution in [0.4, 0.5) is 4.39 Å². The topological polar surface area (TPSA) is 61.1 Å². The highest BCUT2D eigenvalue weighted by Gasteiger charge is 2.29. The molecule has 0 aliphatic rings. The SMILES string of the molecule is N#CC(C(=O)O)C(Cc1ccccc1)c1ccc(F)cc1. The van der Waals surface area contributed by atoms with Crippen LogP contribution in [0.1, 0.15) is 17.0 Å². The lowest BCUT2D eigenvalue weighted by Gasteiger charge is -2.20. The van der Waals surface area contributed by atoms with Gasteiger partial charge in [-0.05, 0) is 29.7 Å². The van der Waals surface area contributed by atoms with Gasteiger partial charge in [-0.25, -0.2) is 4.39 Å². The third-order valence-electron chi connectivity index (χ3n) is 3.40. The number of carbonyl (C=O) groups is 1. The number of hydrogen-bond acceptors (Lipinski definition) is 2. The molecule has 0 aliphatic heterocycles. The van der Waals surface area contributed by atoms with Gasteiger partial charge in [-0.3, -0.25) is 4.79 Å². The lowest BCUT2D eigenvalue weighted by Crippen LogP contribution is -2.22. The molecule has 2 aromatic carbocycles. The maximum absolute atomic E-state index is 13.0. The van der Waals surface area contributed by atoms with Gasteiger partial charge >= 0.3 is 5.97 Å². The monoisotopic (exact) mass is 283 g/mol. The maximum Gasteiger partial charge on any atom is 0.321 e. The van der Waals surface area contributed by atoms with Crippen LogP contribution >= 0.6 is 0 Å². The smallest absolute Gasteiger partial charge is 0.321 e. The van der Waals surface area contributed by atoms with Gasteiger partial charge in [0.1, 0.15) is 5.82 Å². The Balaban J connectivity index is 2.37. The van der Waals surface area contributed by atoms with E-state index in [1.807, 2.05) is 36.4 Å². The van der Waals surface area contributed by atoms with Crippen LogP contribution in [0.15, 0.2) is 54.6 Å². The molecule has 0 fully saturated rings. The first-order valence-corrected chi connectivity index (χ1v) is 6.53. The van der Waals surface area contributed by atoms with Crippen molar-refractivity contribution in [2.24, 2.45) is 5.92 Å². The molecule has 3 nitrogen and oxygen atoms in total. The third kappa shape index (κ3) is 3.67. The molecular formula is C17H14FNO2. The zero-order valence-corrected chi connectivity index (χ0v) is 11.2. The van der Waals surface area contributed by atoms with Crippen LogP contribution in [0, 0.1) is 23.1 Å². The molecule has 0 bridgehead atoms. The summed E-state index contributed by atoms with van der Waals surface area (Å²) in [6, 6.07) is 16.8. The van der Waals surface area contributed by atoms with E-state index in [2.05, 4.69) is 0 Å². The summed E-state index contributed by atoms with van der Waals surface area (Å²) in [5.41, 5.74) is 1.59. The van der Waals surface area contributed by atoms with E-state index < -0.39 is 17.8 Å². The van der Waals surface area contributed by atoms with E-state index in [9.17, 15) is 14.3 Å². The van der Waals surface area contributed by atoms with Crippen LogP contribution in [0.25, 0.3) is 0 Å². The van der Waals surface area contributed by atoms with Gasteiger partial charge < -0.3 is 5.11 Å². The Morgan fingerprint density at radius 3 is 2.29 bits per heavy atom. The van der Waals surface area contributed by atoms with Crippen molar-refractivity contribution in [1.29, 1.82) is 5.26 Å². The van der Waals surface area contributed by atoms with Gasteiger partial charge in [-0.15, -0.1) is 0 Å². The third-order valence-corrected chi connectivity index (χ3v) is 3.40. The molecule has 2 aromatic rings. The molecule has 0 radical (unpaired) electrons. The van der Waals surface area contributed by atoms with Crippen molar-refractivity contribution in [1.82, 2.24) is 0 Å². The van der Waals surface area contributed by atoms with Crippen LogP contribution in [0.5, 0.6) is 0 Å². The van der Waals surface area contributed by atoms with Gasteiger partial charge in [0.25, 0.3) is 0 Å². The van der Waals surface area contributed by atoms with Crippen molar-refractivity contribution in [3.05, 3.63) is 71.5 Å². The molecule has 0 spiro atoms. The summed E-state index contributed by atoms with van der Waals surface area (Å²) >= 11 is 0. The van der Waals surface area contributed by atoms with Gasteiger partial charge in [0.2, 0.25) is 0 Å². The van der Waals surface area contributed by atoms with Crippen molar-refractivity contribution in [2.75, 3.05) is 0 Å². The highest BCUT2D eigenvalue weighted by atomic mass is 19.1. The Hall–Kier alpha value is -2.67. The van der Waals surface area contributed by atoms with Gasteiger partial charge in [0, 0.05) is 5.92 Å². The fraction of sp³-hybridized carbons (Fsp3) is 0.176. The first kappa shape index (κ1) is 14.7. The second-order valence-electron chi connectivity index (χ2n) is 4.79. The van der Waals surface area contributed by atoms with Crippen molar-refractivity contribution in [3.63, 3.8) is 0 Å². The molecule has 1 N–H and O–H groups in total. The van der Waals surface area contributed by atoms with Crippen LogP contribution in [-0.4, -0.2) is 11.1 Å². The number of hydrogen-bond donors (Lipinski definition) is 1. The molecule has 0 saturated heterocycles. The standard InChI is InChI=1S/C17H14FNO2/c18-14-8-6-13(7-9-14)15(16(11-19)17(20)21)10-12-4-2-1-3-5-12/h1-9,15-16H,10H2,(H,20,21). The minimum Gasteiger partial charge on any atom is -0.480 e. The van der Waals surface area contributed by atoms with E-state index >= 15 is 0 Å². The summed E-state index contributed by atoms with van der Waals surface area (Å²) in [6.07, 6.45) is 0.414. The van der Waals surface area contributed by atoms with Crippen molar-refractivity contribution < 1.29 is 14.3 Å². The lowest BCUT2D eigenvalue weighted by molar-refractivity contribution is -0.140. The summed E-state index contributed by atoms with van der Waals surface area (Å²) in [5.74, 6) is -3.24. The van der Waals surface area contributed by atoms with Crippen molar-refractivity contribution >= 4 is 5.97 Å². The Morgan fingerprint density at radius 1 is 1.14 bits per heavy atom. The minimum atomic E-state index is -1.17. The second kappa shape index (κ2) is 6.67. The quantitative estimate of drug-likeness (QED) is 0.915. The molecule has 0 amide bonds. The minimum absolute atomic E-state index is 0.388. The molecule has 21 heavy (non-hydrogen) atoms. The number of rotatable bonds is 5. The second-order valence-corrected chi connectivity index (χ2v) is 4.79. The molecule has 4 heteroatoms. The fourth-order valence-corrected chi connectivity index (χ4v) is 2.32. The van der Waals surface area contributed by atoms with E-state index in [0.717, 1.165) is 5.56 Å². The Morgan fingerprint density at radius 2 is 1.76 bits per heavy atom. The van der Waals surface area contributed by atoms with E-state index in [0.29, 0.717) is 12.0 Å². The summed E-state index contributed by atoms with van der Waals surface area (Å²) in [4.78, 5) is 11.3. The van der Waals surface area contributed by atoms with E-state index in [1.165, 1.54) is 24.3 Å². The summed E-state index contributed by atoms with van der Waals surface area (Å²) in [5, 5.41) is 18.4. The Bertz CT molecular complexity index is 647. The number of halogens is 1. The first-order valence-electron chi connectivity index (χ1n) is 6.53. The van der Waals surface area contributed by atoms with E-state index in [-0.39, 0.29) is 5.82 Å². The predicted molar refractivity (Wildman–Crippen MR) is 76.0 cm³/mol. The maximum atomic E-state index is 13.0. The Kier molecular flexibility index (Phi) is 4.68. The van der Waals surface area contributed by atoms with Gasteiger partial charge in [-0.2, -0.15) is 5.26 Å². The summed E-state index contributed by atoms with van der Waals surface area (Å²) in [7, 11) is 0. The largest absolute Gasteiger partial charge is 0.480 e. The van der Waals surface area contributed by atoms with Crippen molar-refractivity contribution in [3.8, 4) is 6.07 Å². The first-order chi connectivity index (χ1) is 10.1. The predicted octanol–water partition coefficient (Wildman–Crippen LogP) is 3.38. The highest BCUT2D eigenvalue weighted by Crippen LogP contribution is 2.29. The number of carboxylic acid groups (broad SMARTS) is 1. The molecule has 106 valence electrons. The zero-order chi connectivity index (χ0) is 15.2. The number of nitrogens with zero attached hydrogens (tertiary/aromatic N) is 1. The normalized spacial score (nSPS) is 13.1. The molecule has 0 aliphatic carbocycles. The van der Waals surface area contributed by atoms with Crippen LogP contribution in [-0.2, 0) is 11.2 Å². The number of aliphatic carboxylic acids is 1. The average Bonchev–Trinajstić information content (AvgIpc) is 2.48. The van der Waals surface area contributed by atoms with Gasteiger partial charge in [-0.1, -0.05) is 42.5 Å². The molecule has 2 rings (SSSR count). The number of benzene rings is 2. The fourth-order valence-electron chi connectivity index (χ4n) is 2.32. The number of nitriles is 1. The molecule has 2 atom stereocenters. The Labute approximate surface area is 122 Å². The molecule has 0 saturated carbocycles. The summed E-state index contributed by atoms with van der Waals surface area (Å²) in [6.45, 7) is 0. The molecule has 0 aromatic heterocycles. The van der Waals surface area contributed by atoms with Crippen LogP contribution < -0.4 is 0 Å². The highest BCUT2D eigenvalue weighted by molar-refractivity contribution is 5.74. The number of carboxylic acids is 1. The lowest BCUT2D eigenvalue weighted by atomic mass is 9.82. The average molecular weight is 283 g/mol. The summed E-state index contributed by atoms with van der Waals surface area (Å²) < 4.78 is 13.0. The molecule has 2 unspecified atom stereocenters. The van der Waals surface area contributed by atoms with E-state index in [4.69, 9.17) is 5.26 Å². The van der Waals surface area contributed by atoms with Crippen molar-refractivity contribution in [2.45, 2.75) is 12.3 Å². The zero-order valence-electron chi connectivity index (χ0n) is 11.2. The van der Waals surface area contributed by atoms with Gasteiger partial charge in [0.05, 0.1) is 6.07 Å². The van der Waals surface area contributed by atoms with Gasteiger partial charge in [0.15, 0.2) is 5.92 Å². The molecular weight excluding hydrogens is 269 g/mol.